The quantitative estimate of drug-likeness (QED) is 0.610. The van der Waals surface area contributed by atoms with Crippen molar-refractivity contribution in [1.29, 1.82) is 0 Å². The normalized spacial score (nSPS) is 12.4. The first kappa shape index (κ1) is 11.9. The lowest BCUT2D eigenvalue weighted by molar-refractivity contribution is -0.140. The fourth-order valence-corrected chi connectivity index (χ4v) is 2.04. The lowest BCUT2D eigenvalue weighted by Crippen LogP contribution is -2.11. The number of carboxylic acids is 1. The van der Waals surface area contributed by atoms with E-state index >= 15 is 0 Å². The highest BCUT2D eigenvalue weighted by Gasteiger charge is 2.10. The van der Waals surface area contributed by atoms with E-state index in [4.69, 9.17) is 10.8 Å². The number of aliphatic carboxylic acids is 1. The molecule has 0 spiro atoms. The molecular weight excluding hydrogens is 210 g/mol. The molecule has 15 heavy (non-hydrogen) atoms. The topological polar surface area (TPSA) is 63.3 Å². The maximum Gasteiger partial charge on any atom is 0.307 e. The van der Waals surface area contributed by atoms with Gasteiger partial charge in [-0.2, -0.15) is 0 Å². The van der Waals surface area contributed by atoms with Crippen LogP contribution in [0.15, 0.2) is 23.1 Å². The van der Waals surface area contributed by atoms with Gasteiger partial charge in [0, 0.05) is 16.3 Å². The van der Waals surface area contributed by atoms with Crippen molar-refractivity contribution in [2.45, 2.75) is 18.7 Å². The molecule has 0 aromatic heterocycles. The van der Waals surface area contributed by atoms with Crippen LogP contribution >= 0.6 is 11.8 Å². The third-order valence-electron chi connectivity index (χ3n) is 2.16. The molecule has 1 rings (SSSR count). The van der Waals surface area contributed by atoms with E-state index in [0.717, 1.165) is 16.1 Å². The highest BCUT2D eigenvalue weighted by molar-refractivity contribution is 7.99. The zero-order chi connectivity index (χ0) is 11.4. The Morgan fingerprint density at radius 3 is 2.80 bits per heavy atom. The monoisotopic (exact) mass is 225 g/mol. The Morgan fingerprint density at radius 2 is 2.27 bits per heavy atom. The number of carbonyl (C=O) groups is 1. The largest absolute Gasteiger partial charge is 0.481 e. The van der Waals surface area contributed by atoms with Gasteiger partial charge in [0.15, 0.2) is 0 Å². The fourth-order valence-electron chi connectivity index (χ4n) is 1.03. The van der Waals surface area contributed by atoms with Crippen molar-refractivity contribution in [2.75, 3.05) is 11.5 Å². The van der Waals surface area contributed by atoms with Crippen molar-refractivity contribution < 1.29 is 9.90 Å². The van der Waals surface area contributed by atoms with E-state index in [1.807, 2.05) is 25.1 Å². The third kappa shape index (κ3) is 3.47. The zero-order valence-electron chi connectivity index (χ0n) is 8.86. The molecule has 1 aromatic carbocycles. The van der Waals surface area contributed by atoms with E-state index in [-0.39, 0.29) is 5.92 Å². The third-order valence-corrected chi connectivity index (χ3v) is 3.42. The molecule has 0 amide bonds. The van der Waals surface area contributed by atoms with Gasteiger partial charge in [-0.15, -0.1) is 11.8 Å². The molecule has 0 aliphatic heterocycles. The minimum Gasteiger partial charge on any atom is -0.481 e. The molecule has 1 aromatic rings. The summed E-state index contributed by atoms with van der Waals surface area (Å²) in [6.45, 7) is 3.65. The van der Waals surface area contributed by atoms with E-state index in [1.165, 1.54) is 0 Å². The van der Waals surface area contributed by atoms with Gasteiger partial charge in [0.2, 0.25) is 0 Å². The Labute approximate surface area is 93.7 Å². The van der Waals surface area contributed by atoms with Gasteiger partial charge in [0.25, 0.3) is 0 Å². The standard InChI is InChI=1S/C11H15NO2S/c1-7-5-9(3-4-10(7)12)15-6-8(2)11(13)14/h3-5,8H,6,12H2,1-2H3,(H,13,14). The van der Waals surface area contributed by atoms with Gasteiger partial charge in [-0.3, -0.25) is 4.79 Å². The van der Waals surface area contributed by atoms with Gasteiger partial charge in [0.05, 0.1) is 5.92 Å². The van der Waals surface area contributed by atoms with E-state index in [0.29, 0.717) is 5.75 Å². The van der Waals surface area contributed by atoms with Crippen LogP contribution in [0.25, 0.3) is 0 Å². The molecule has 82 valence electrons. The molecule has 1 atom stereocenters. The van der Waals surface area contributed by atoms with Gasteiger partial charge < -0.3 is 10.8 Å². The van der Waals surface area contributed by atoms with Gasteiger partial charge in [-0.05, 0) is 30.7 Å². The zero-order valence-corrected chi connectivity index (χ0v) is 9.67. The summed E-state index contributed by atoms with van der Waals surface area (Å²) in [5.41, 5.74) is 7.49. The Balaban J connectivity index is 2.58. The predicted molar refractivity (Wildman–Crippen MR) is 63.1 cm³/mol. The summed E-state index contributed by atoms with van der Waals surface area (Å²) in [7, 11) is 0. The highest BCUT2D eigenvalue weighted by Crippen LogP contribution is 2.24. The number of carboxylic acid groups (broad SMARTS) is 1. The lowest BCUT2D eigenvalue weighted by Gasteiger charge is -2.07. The fraction of sp³-hybridized carbons (Fsp3) is 0.364. The average molecular weight is 225 g/mol. The van der Waals surface area contributed by atoms with Gasteiger partial charge in [0.1, 0.15) is 0 Å². The molecular formula is C11H15NO2S. The van der Waals surface area contributed by atoms with Crippen LogP contribution in [0.1, 0.15) is 12.5 Å². The second kappa shape index (κ2) is 5.07. The number of nitrogens with two attached hydrogens (primary N) is 1. The maximum atomic E-state index is 10.6. The summed E-state index contributed by atoms with van der Waals surface area (Å²) in [6, 6.07) is 5.75. The van der Waals surface area contributed by atoms with E-state index in [2.05, 4.69) is 0 Å². The van der Waals surface area contributed by atoms with Crippen molar-refractivity contribution in [1.82, 2.24) is 0 Å². The molecule has 0 saturated heterocycles. The first-order valence-electron chi connectivity index (χ1n) is 4.72. The van der Waals surface area contributed by atoms with Gasteiger partial charge >= 0.3 is 5.97 Å². The smallest absolute Gasteiger partial charge is 0.307 e. The predicted octanol–water partition coefficient (Wildman–Crippen LogP) is 2.39. The molecule has 3 nitrogen and oxygen atoms in total. The Kier molecular flexibility index (Phi) is 4.03. The van der Waals surface area contributed by atoms with Crippen molar-refractivity contribution in [3.8, 4) is 0 Å². The molecule has 0 heterocycles. The molecule has 3 N–H and O–H groups in total. The van der Waals surface area contributed by atoms with Crippen LogP contribution in [-0.4, -0.2) is 16.8 Å². The number of hydrogen-bond donors (Lipinski definition) is 2. The van der Waals surface area contributed by atoms with E-state index in [1.54, 1.807) is 18.7 Å². The average Bonchev–Trinajstić information content (AvgIpc) is 2.19. The molecule has 0 aliphatic carbocycles. The van der Waals surface area contributed by atoms with Crippen LogP contribution < -0.4 is 5.73 Å². The van der Waals surface area contributed by atoms with Crippen molar-refractivity contribution in [3.63, 3.8) is 0 Å². The second-order valence-electron chi connectivity index (χ2n) is 3.57. The van der Waals surface area contributed by atoms with Gasteiger partial charge in [-0.1, -0.05) is 6.92 Å². The molecule has 4 heteroatoms. The minimum atomic E-state index is -0.755. The van der Waals surface area contributed by atoms with Crippen LogP contribution in [0.4, 0.5) is 5.69 Å². The van der Waals surface area contributed by atoms with Crippen LogP contribution in [0.5, 0.6) is 0 Å². The number of hydrogen-bond acceptors (Lipinski definition) is 3. The Hall–Kier alpha value is -1.16. The van der Waals surface area contributed by atoms with Gasteiger partial charge in [-0.25, -0.2) is 0 Å². The van der Waals surface area contributed by atoms with Crippen LogP contribution in [0.3, 0.4) is 0 Å². The minimum absolute atomic E-state index is 0.326. The molecule has 0 bridgehead atoms. The second-order valence-corrected chi connectivity index (χ2v) is 4.66. The lowest BCUT2D eigenvalue weighted by atomic mass is 10.2. The summed E-state index contributed by atoms with van der Waals surface area (Å²) in [5.74, 6) is -0.499. The number of benzene rings is 1. The molecule has 0 radical (unpaired) electrons. The number of rotatable bonds is 4. The van der Waals surface area contributed by atoms with Crippen molar-refractivity contribution >= 4 is 23.4 Å². The van der Waals surface area contributed by atoms with Crippen molar-refractivity contribution in [2.24, 2.45) is 5.92 Å². The highest BCUT2D eigenvalue weighted by atomic mass is 32.2. The number of anilines is 1. The Bertz CT molecular complexity index is 366. The van der Waals surface area contributed by atoms with E-state index < -0.39 is 5.97 Å². The van der Waals surface area contributed by atoms with Crippen LogP contribution in [0, 0.1) is 12.8 Å². The summed E-state index contributed by atoms with van der Waals surface area (Å²) in [6.07, 6.45) is 0. The maximum absolute atomic E-state index is 10.6. The van der Waals surface area contributed by atoms with Crippen molar-refractivity contribution in [3.05, 3.63) is 23.8 Å². The number of nitrogen functional groups attached to an aromatic ring is 1. The molecule has 0 saturated carbocycles. The molecule has 0 aliphatic rings. The molecule has 0 fully saturated rings. The number of aryl methyl sites for hydroxylation is 1. The molecule has 1 unspecified atom stereocenters. The summed E-state index contributed by atoms with van der Waals surface area (Å²) in [5, 5.41) is 8.73. The van der Waals surface area contributed by atoms with E-state index in [9.17, 15) is 4.79 Å². The summed E-state index contributed by atoms with van der Waals surface area (Å²) < 4.78 is 0. The van der Waals surface area contributed by atoms with Crippen LogP contribution in [0.2, 0.25) is 0 Å². The first-order chi connectivity index (χ1) is 7.00. The summed E-state index contributed by atoms with van der Waals surface area (Å²) in [4.78, 5) is 11.7. The SMILES string of the molecule is Cc1cc(SCC(C)C(=O)O)ccc1N. The van der Waals surface area contributed by atoms with Crippen LogP contribution in [-0.2, 0) is 4.79 Å². The number of thioether (sulfide) groups is 1. The Morgan fingerprint density at radius 1 is 1.60 bits per heavy atom. The summed E-state index contributed by atoms with van der Waals surface area (Å²) >= 11 is 1.54. The first-order valence-corrected chi connectivity index (χ1v) is 5.71.